The van der Waals surface area contributed by atoms with Crippen LogP contribution in [0.25, 0.3) is 0 Å². The summed E-state index contributed by atoms with van der Waals surface area (Å²) in [6.45, 7) is 1.18. The van der Waals surface area contributed by atoms with Gasteiger partial charge in [0.15, 0.2) is 16.4 Å². The fraction of sp³-hybridized carbons (Fsp3) is 0.263. The molecule has 0 spiro atoms. The molecule has 2 aromatic carbocycles. The predicted molar refractivity (Wildman–Crippen MR) is 99.3 cm³/mol. The van der Waals surface area contributed by atoms with E-state index < -0.39 is 28.3 Å². The van der Waals surface area contributed by atoms with Crippen molar-refractivity contribution in [3.05, 3.63) is 59.7 Å². The largest absolute Gasteiger partial charge is 0.496 e. The molecule has 2 aromatic rings. The highest BCUT2D eigenvalue weighted by Gasteiger charge is 2.22. The molecule has 144 valence electrons. The number of para-hydroxylation sites is 1. The lowest BCUT2D eigenvalue weighted by Gasteiger charge is -2.11. The molecular weight excluding hydrogens is 370 g/mol. The second-order valence-corrected chi connectivity index (χ2v) is 7.81. The number of nitrogens with one attached hydrogen (secondary N) is 1. The van der Waals surface area contributed by atoms with E-state index in [1.807, 2.05) is 12.1 Å². The smallest absolute Gasteiger partial charge is 0.339 e. The topological polar surface area (TPSA) is 98.8 Å². The summed E-state index contributed by atoms with van der Waals surface area (Å²) in [6.07, 6.45) is 0. The average Bonchev–Trinajstić information content (AvgIpc) is 2.70. The van der Waals surface area contributed by atoms with Crippen LogP contribution in [0.3, 0.4) is 0 Å². The minimum atomic E-state index is -3.58. The third-order valence-electron chi connectivity index (χ3n) is 3.82. The van der Waals surface area contributed by atoms with Gasteiger partial charge < -0.3 is 14.8 Å². The molecule has 0 radical (unpaired) electrons. The molecule has 0 unspecified atom stereocenters. The molecule has 8 heteroatoms. The van der Waals surface area contributed by atoms with Crippen molar-refractivity contribution in [1.82, 2.24) is 5.32 Å². The first-order chi connectivity index (χ1) is 12.9. The fourth-order valence-corrected chi connectivity index (χ4v) is 3.45. The highest BCUT2D eigenvalue weighted by atomic mass is 32.2. The molecule has 0 atom stereocenters. The zero-order chi connectivity index (χ0) is 19.9. The lowest BCUT2D eigenvalue weighted by molar-refractivity contribution is -0.124. The molecule has 0 aliphatic heterocycles. The Kier molecular flexibility index (Phi) is 6.95. The number of hydrogen-bond donors (Lipinski definition) is 1. The van der Waals surface area contributed by atoms with Crippen molar-refractivity contribution < 1.29 is 27.5 Å². The minimum Gasteiger partial charge on any atom is -0.496 e. The molecule has 0 saturated heterocycles. The molecule has 27 heavy (non-hydrogen) atoms. The van der Waals surface area contributed by atoms with Crippen molar-refractivity contribution in [2.24, 2.45) is 0 Å². The lowest BCUT2D eigenvalue weighted by atomic mass is 10.2. The van der Waals surface area contributed by atoms with Crippen LogP contribution in [-0.2, 0) is 25.9 Å². The van der Waals surface area contributed by atoms with E-state index in [1.165, 1.54) is 38.3 Å². The second-order valence-electron chi connectivity index (χ2n) is 5.56. The summed E-state index contributed by atoms with van der Waals surface area (Å²) in [5.41, 5.74) is 0.691. The van der Waals surface area contributed by atoms with Gasteiger partial charge in [-0.05, 0) is 18.2 Å². The first-order valence-electron chi connectivity index (χ1n) is 8.26. The molecule has 0 heterocycles. The zero-order valence-corrected chi connectivity index (χ0v) is 15.9. The number of carbonyl (C=O) groups excluding carboxylic acids is 2. The number of hydrogen-bond acceptors (Lipinski definition) is 6. The Labute approximate surface area is 158 Å². The fourth-order valence-electron chi connectivity index (χ4n) is 2.36. The maximum absolute atomic E-state index is 12.2. The van der Waals surface area contributed by atoms with Crippen molar-refractivity contribution in [2.75, 3.05) is 19.5 Å². The van der Waals surface area contributed by atoms with Gasteiger partial charge in [0.05, 0.1) is 23.3 Å². The Bertz CT molecular complexity index is 923. The lowest BCUT2D eigenvalue weighted by Crippen LogP contribution is -2.28. The first kappa shape index (κ1) is 20.4. The molecule has 2 rings (SSSR count). The molecule has 0 aliphatic carbocycles. The molecule has 0 aliphatic rings. The predicted octanol–water partition coefficient (Wildman–Crippen LogP) is 1.96. The standard InChI is InChI=1S/C19H21NO6S/c1-3-27(23,24)17-11-7-5-9-15(17)19(22)26-13-18(21)20-12-14-8-4-6-10-16(14)25-2/h4-11H,3,12-13H2,1-2H3,(H,20,21). The van der Waals surface area contributed by atoms with E-state index in [0.29, 0.717) is 5.75 Å². The summed E-state index contributed by atoms with van der Waals surface area (Å²) in [5, 5.41) is 2.62. The van der Waals surface area contributed by atoms with E-state index in [1.54, 1.807) is 12.1 Å². The molecule has 1 N–H and O–H groups in total. The normalized spacial score (nSPS) is 10.9. The van der Waals surface area contributed by atoms with Crippen LogP contribution < -0.4 is 10.1 Å². The molecule has 7 nitrogen and oxygen atoms in total. The second kappa shape index (κ2) is 9.18. The zero-order valence-electron chi connectivity index (χ0n) is 15.1. The first-order valence-corrected chi connectivity index (χ1v) is 9.91. The van der Waals surface area contributed by atoms with Gasteiger partial charge in [0.2, 0.25) is 0 Å². The van der Waals surface area contributed by atoms with Crippen LogP contribution in [0.4, 0.5) is 0 Å². The van der Waals surface area contributed by atoms with Gasteiger partial charge in [-0.25, -0.2) is 13.2 Å². The summed E-state index contributed by atoms with van der Waals surface area (Å²) in [7, 11) is -2.05. The van der Waals surface area contributed by atoms with Gasteiger partial charge in [0.1, 0.15) is 5.75 Å². The van der Waals surface area contributed by atoms with Gasteiger partial charge in [0, 0.05) is 12.1 Å². The number of rotatable bonds is 8. The third kappa shape index (κ3) is 5.30. The van der Waals surface area contributed by atoms with Crippen molar-refractivity contribution in [3.8, 4) is 5.75 Å². The summed E-state index contributed by atoms with van der Waals surface area (Å²) >= 11 is 0. The number of carbonyl (C=O) groups is 2. The summed E-state index contributed by atoms with van der Waals surface area (Å²) in [6, 6.07) is 13.0. The van der Waals surface area contributed by atoms with Crippen LogP contribution in [0.2, 0.25) is 0 Å². The molecule has 0 fully saturated rings. The number of amides is 1. The monoisotopic (exact) mass is 391 g/mol. The van der Waals surface area contributed by atoms with E-state index >= 15 is 0 Å². The molecule has 0 bridgehead atoms. The molecule has 1 amide bonds. The van der Waals surface area contributed by atoms with Crippen molar-refractivity contribution in [2.45, 2.75) is 18.4 Å². The maximum Gasteiger partial charge on any atom is 0.339 e. The van der Waals surface area contributed by atoms with Crippen LogP contribution in [0, 0.1) is 0 Å². The van der Waals surface area contributed by atoms with Gasteiger partial charge in [-0.2, -0.15) is 0 Å². The van der Waals surface area contributed by atoms with Crippen LogP contribution in [0.15, 0.2) is 53.4 Å². The van der Waals surface area contributed by atoms with Crippen LogP contribution >= 0.6 is 0 Å². The van der Waals surface area contributed by atoms with Gasteiger partial charge in [-0.1, -0.05) is 37.3 Å². The van der Waals surface area contributed by atoms with Crippen LogP contribution in [0.1, 0.15) is 22.8 Å². The maximum atomic E-state index is 12.2. The number of sulfone groups is 1. The van der Waals surface area contributed by atoms with E-state index in [-0.39, 0.29) is 22.8 Å². The Morgan fingerprint density at radius 3 is 2.41 bits per heavy atom. The Morgan fingerprint density at radius 1 is 1.04 bits per heavy atom. The van der Waals surface area contributed by atoms with Crippen molar-refractivity contribution in [1.29, 1.82) is 0 Å². The number of esters is 1. The average molecular weight is 391 g/mol. The number of methoxy groups -OCH3 is 1. The third-order valence-corrected chi connectivity index (χ3v) is 5.61. The van der Waals surface area contributed by atoms with Gasteiger partial charge in [-0.15, -0.1) is 0 Å². The van der Waals surface area contributed by atoms with Crippen LogP contribution in [-0.4, -0.2) is 39.8 Å². The highest BCUT2D eigenvalue weighted by molar-refractivity contribution is 7.91. The highest BCUT2D eigenvalue weighted by Crippen LogP contribution is 2.18. The van der Waals surface area contributed by atoms with E-state index in [2.05, 4.69) is 5.32 Å². The Morgan fingerprint density at radius 2 is 1.70 bits per heavy atom. The van der Waals surface area contributed by atoms with Crippen molar-refractivity contribution in [3.63, 3.8) is 0 Å². The Hall–Kier alpha value is -2.87. The molecular formula is C19H21NO6S. The minimum absolute atomic E-state index is 0.0862. The Balaban J connectivity index is 1.97. The van der Waals surface area contributed by atoms with Gasteiger partial charge in [0.25, 0.3) is 5.91 Å². The van der Waals surface area contributed by atoms with E-state index in [4.69, 9.17) is 9.47 Å². The molecule has 0 aromatic heterocycles. The summed E-state index contributed by atoms with van der Waals surface area (Å²) < 4.78 is 34.3. The van der Waals surface area contributed by atoms with Crippen LogP contribution in [0.5, 0.6) is 5.75 Å². The van der Waals surface area contributed by atoms with Gasteiger partial charge in [-0.3, -0.25) is 4.79 Å². The SMILES string of the molecule is CCS(=O)(=O)c1ccccc1C(=O)OCC(=O)NCc1ccccc1OC. The quantitative estimate of drug-likeness (QED) is 0.691. The van der Waals surface area contributed by atoms with E-state index in [0.717, 1.165) is 5.56 Å². The van der Waals surface area contributed by atoms with Gasteiger partial charge >= 0.3 is 5.97 Å². The summed E-state index contributed by atoms with van der Waals surface area (Å²) in [4.78, 5) is 24.1. The number of ether oxygens (including phenoxy) is 2. The van der Waals surface area contributed by atoms with Crippen molar-refractivity contribution >= 4 is 21.7 Å². The summed E-state index contributed by atoms with van der Waals surface area (Å²) in [5.74, 6) is -0.884. The van der Waals surface area contributed by atoms with E-state index in [9.17, 15) is 18.0 Å². The molecule has 0 saturated carbocycles. The number of benzene rings is 2.